The van der Waals surface area contributed by atoms with Crippen LogP contribution in [0, 0.1) is 13.8 Å². The van der Waals surface area contributed by atoms with Crippen LogP contribution in [0.3, 0.4) is 0 Å². The molecule has 0 saturated carbocycles. The van der Waals surface area contributed by atoms with E-state index in [0.29, 0.717) is 45.9 Å². The molecule has 2 N–H and O–H groups in total. The molecule has 5 aromatic carbocycles. The third-order valence-corrected chi connectivity index (χ3v) is 8.89. The second-order valence-electron chi connectivity index (χ2n) is 11.5. The van der Waals surface area contributed by atoms with Gasteiger partial charge in [-0.1, -0.05) is 0 Å². The Bertz CT molecular complexity index is 1830. The summed E-state index contributed by atoms with van der Waals surface area (Å²) in [7, 11) is 0. The summed E-state index contributed by atoms with van der Waals surface area (Å²) in [5.41, 5.74) is 3.73. The summed E-state index contributed by atoms with van der Waals surface area (Å²) in [5, 5.41) is 28.1. The Labute approximate surface area is 219 Å². The number of aryl methyl sites for hydroxylation is 2. The molecule has 7 rings (SSSR count). The lowest BCUT2D eigenvalue weighted by Crippen LogP contribution is -2.29. The molecular formula is C32H30O6. The van der Waals surface area contributed by atoms with E-state index in [1.807, 2.05) is 39.8 Å². The number of benzene rings is 5. The molecular weight excluding hydrogens is 480 g/mol. The molecule has 0 saturated heterocycles. The second kappa shape index (κ2) is 7.55. The maximum Gasteiger partial charge on any atom is 0.196 e. The van der Waals surface area contributed by atoms with Crippen LogP contribution in [0.1, 0.15) is 73.3 Å². The molecule has 0 aromatic heterocycles. The highest BCUT2D eigenvalue weighted by Gasteiger charge is 2.35. The van der Waals surface area contributed by atoms with Crippen LogP contribution in [0.4, 0.5) is 0 Å². The van der Waals surface area contributed by atoms with E-state index >= 15 is 0 Å². The highest BCUT2D eigenvalue weighted by molar-refractivity contribution is 6.36. The van der Waals surface area contributed by atoms with Gasteiger partial charge in [-0.05, 0) is 110 Å². The normalized spacial score (nSPS) is 23.5. The average Bonchev–Trinajstić information content (AvgIpc) is 2.83. The summed E-state index contributed by atoms with van der Waals surface area (Å²) in [6, 6.07) is 3.87. The zero-order valence-corrected chi connectivity index (χ0v) is 22.4. The molecule has 5 aromatic rings. The number of fused-ring (bicyclic) bond motifs is 6. The van der Waals surface area contributed by atoms with Gasteiger partial charge in [-0.25, -0.2) is 0 Å². The van der Waals surface area contributed by atoms with Crippen LogP contribution in [-0.4, -0.2) is 22.4 Å². The number of hydrogen-bond acceptors (Lipinski definition) is 6. The molecule has 194 valence electrons. The van der Waals surface area contributed by atoms with E-state index in [-0.39, 0.29) is 34.6 Å². The Balaban J connectivity index is 1.91. The summed E-state index contributed by atoms with van der Waals surface area (Å²) in [6.07, 6.45) is 0.0291. The van der Waals surface area contributed by atoms with Gasteiger partial charge >= 0.3 is 0 Å². The topological polar surface area (TPSA) is 93.1 Å². The Hall–Kier alpha value is -3.48. The first-order valence-electron chi connectivity index (χ1n) is 13.4. The van der Waals surface area contributed by atoms with Gasteiger partial charge < -0.3 is 19.7 Å². The predicted molar refractivity (Wildman–Crippen MR) is 150 cm³/mol. The molecule has 0 fully saturated rings. The molecule has 0 spiro atoms. The number of aromatic hydroxyl groups is 2. The van der Waals surface area contributed by atoms with Crippen molar-refractivity contribution in [1.29, 1.82) is 0 Å². The van der Waals surface area contributed by atoms with E-state index in [4.69, 9.17) is 9.47 Å². The number of phenolic OH excluding ortho intramolecular Hbond substituents is 2. The lowest BCUT2D eigenvalue weighted by atomic mass is 9.78. The van der Waals surface area contributed by atoms with Crippen LogP contribution < -0.4 is 10.9 Å². The lowest BCUT2D eigenvalue weighted by molar-refractivity contribution is -0.00504. The first kappa shape index (κ1) is 23.6. The van der Waals surface area contributed by atoms with Crippen LogP contribution in [0.2, 0.25) is 0 Å². The van der Waals surface area contributed by atoms with Crippen molar-refractivity contribution in [3.63, 3.8) is 0 Å². The number of phenols is 2. The monoisotopic (exact) mass is 510 g/mol. The van der Waals surface area contributed by atoms with Gasteiger partial charge in [-0.2, -0.15) is 0 Å². The number of rotatable bonds is 0. The largest absolute Gasteiger partial charge is 0.507 e. The molecule has 4 unspecified atom stereocenters. The standard InChI is InChI=1S/C32H30O6/c1-11-7-17-23-19-9-13(3)38-16(6)22(19)32(36)28-26(23)18(8-12(2)30(28)34)24-20-10-14(4)37-15(5)21(20)31(35)27(25(17)24)29(11)33/h7-8,13-16,33-34H,9-10H2,1-6H3. The van der Waals surface area contributed by atoms with Gasteiger partial charge in [-0.3, -0.25) is 9.59 Å². The van der Waals surface area contributed by atoms with Crippen LogP contribution in [0.5, 0.6) is 11.5 Å². The molecule has 2 heterocycles. The van der Waals surface area contributed by atoms with E-state index in [2.05, 4.69) is 0 Å². The van der Waals surface area contributed by atoms with Gasteiger partial charge in [0.05, 0.1) is 35.2 Å². The van der Waals surface area contributed by atoms with E-state index < -0.39 is 12.2 Å². The molecule has 0 bridgehead atoms. The van der Waals surface area contributed by atoms with Gasteiger partial charge in [-0.15, -0.1) is 0 Å². The summed E-state index contributed by atoms with van der Waals surface area (Å²) >= 11 is 0. The summed E-state index contributed by atoms with van der Waals surface area (Å²) in [5.74, 6) is -0.0311. The fourth-order valence-corrected chi connectivity index (χ4v) is 7.47. The van der Waals surface area contributed by atoms with Crippen molar-refractivity contribution >= 4 is 43.1 Å². The van der Waals surface area contributed by atoms with Crippen molar-refractivity contribution in [1.82, 2.24) is 0 Å². The fraction of sp³-hybridized carbons (Fsp3) is 0.375. The average molecular weight is 511 g/mol. The van der Waals surface area contributed by atoms with Crippen LogP contribution >= 0.6 is 0 Å². The number of hydrogen-bond donors (Lipinski definition) is 2. The molecule has 2 aliphatic heterocycles. The first-order chi connectivity index (χ1) is 18.0. The van der Waals surface area contributed by atoms with Gasteiger partial charge in [0.15, 0.2) is 10.9 Å². The second-order valence-corrected chi connectivity index (χ2v) is 11.5. The van der Waals surface area contributed by atoms with E-state index in [1.54, 1.807) is 13.8 Å². The van der Waals surface area contributed by atoms with Crippen molar-refractivity contribution in [2.75, 3.05) is 0 Å². The minimum absolute atomic E-state index is 0.0156. The van der Waals surface area contributed by atoms with Crippen molar-refractivity contribution in [2.45, 2.75) is 78.8 Å². The highest BCUT2D eigenvalue weighted by Crippen LogP contribution is 2.50. The van der Waals surface area contributed by atoms with Crippen molar-refractivity contribution in [3.05, 3.63) is 66.0 Å². The summed E-state index contributed by atoms with van der Waals surface area (Å²) < 4.78 is 12.2. The molecule has 0 amide bonds. The SMILES string of the molecule is Cc1cc2c3c4c(c(=O)c5c(O)c(C)cc(c6c7c(c(=O)c(c1O)c26)C(C)OC(C)C7)c53)C(C)OC(C)C4. The van der Waals surface area contributed by atoms with E-state index in [1.165, 1.54) is 0 Å². The Morgan fingerprint density at radius 3 is 1.37 bits per heavy atom. The molecule has 0 radical (unpaired) electrons. The maximum absolute atomic E-state index is 14.1. The first-order valence-corrected chi connectivity index (χ1v) is 13.4. The van der Waals surface area contributed by atoms with Gasteiger partial charge in [0.1, 0.15) is 11.5 Å². The van der Waals surface area contributed by atoms with E-state index in [9.17, 15) is 19.8 Å². The zero-order chi connectivity index (χ0) is 26.9. The minimum atomic E-state index is -0.433. The van der Waals surface area contributed by atoms with Gasteiger partial charge in [0.2, 0.25) is 0 Å². The predicted octanol–water partition coefficient (Wildman–Crippen LogP) is 5.97. The van der Waals surface area contributed by atoms with Gasteiger partial charge in [0, 0.05) is 21.9 Å². The van der Waals surface area contributed by atoms with Crippen LogP contribution in [0.25, 0.3) is 43.1 Å². The maximum atomic E-state index is 14.1. The molecule has 6 nitrogen and oxygen atoms in total. The Kier molecular flexibility index (Phi) is 4.69. The van der Waals surface area contributed by atoms with Crippen LogP contribution in [0.15, 0.2) is 21.7 Å². The van der Waals surface area contributed by atoms with Crippen LogP contribution in [-0.2, 0) is 22.3 Å². The van der Waals surface area contributed by atoms with E-state index in [0.717, 1.165) is 43.4 Å². The quantitative estimate of drug-likeness (QED) is 0.197. The minimum Gasteiger partial charge on any atom is -0.507 e. The summed E-state index contributed by atoms with van der Waals surface area (Å²) in [4.78, 5) is 28.2. The number of ether oxygens (including phenoxy) is 2. The van der Waals surface area contributed by atoms with Crippen molar-refractivity contribution < 1.29 is 19.7 Å². The fourth-order valence-electron chi connectivity index (χ4n) is 7.47. The smallest absolute Gasteiger partial charge is 0.196 e. The zero-order valence-electron chi connectivity index (χ0n) is 22.4. The van der Waals surface area contributed by atoms with Crippen molar-refractivity contribution in [3.8, 4) is 11.5 Å². The lowest BCUT2D eigenvalue weighted by Gasteiger charge is -2.32. The molecule has 4 atom stereocenters. The Morgan fingerprint density at radius 2 is 1.00 bits per heavy atom. The third kappa shape index (κ3) is 2.74. The third-order valence-electron chi connectivity index (χ3n) is 8.89. The molecule has 2 aliphatic rings. The molecule has 38 heavy (non-hydrogen) atoms. The molecule has 0 aliphatic carbocycles. The summed E-state index contributed by atoms with van der Waals surface area (Å²) in [6.45, 7) is 11.4. The molecule has 6 heteroatoms. The van der Waals surface area contributed by atoms with Crippen molar-refractivity contribution in [2.24, 2.45) is 0 Å². The van der Waals surface area contributed by atoms with Gasteiger partial charge in [0.25, 0.3) is 0 Å². The highest BCUT2D eigenvalue weighted by atomic mass is 16.5. The Morgan fingerprint density at radius 1 is 0.632 bits per heavy atom.